The van der Waals surface area contributed by atoms with Gasteiger partial charge in [0.15, 0.2) is 0 Å². The maximum absolute atomic E-state index is 10.1. The van der Waals surface area contributed by atoms with Crippen molar-refractivity contribution in [3.8, 4) is 0 Å². The molecule has 0 aromatic rings. The van der Waals surface area contributed by atoms with Crippen LogP contribution in [0.1, 0.15) is 53.4 Å². The minimum absolute atomic E-state index is 0.954. The standard InChI is InChI=1S/C15H23O/c1-13(2)7-5-8-14(3)9-6-10-15(4)11-12-16/h7,9,11H,5-6,8,10H2,1-4H3/b14-9+,15-11+. The molecule has 0 unspecified atom stereocenters. The molecule has 0 aromatic heterocycles. The van der Waals surface area contributed by atoms with Crippen LogP contribution in [0.4, 0.5) is 0 Å². The highest BCUT2D eigenvalue weighted by molar-refractivity contribution is 5.66. The summed E-state index contributed by atoms with van der Waals surface area (Å²) in [4.78, 5) is 10.1. The van der Waals surface area contributed by atoms with Gasteiger partial charge in [-0.15, -0.1) is 0 Å². The highest BCUT2D eigenvalue weighted by atomic mass is 16.1. The van der Waals surface area contributed by atoms with Gasteiger partial charge in [0.1, 0.15) is 0 Å². The van der Waals surface area contributed by atoms with Crippen LogP contribution in [0.5, 0.6) is 0 Å². The van der Waals surface area contributed by atoms with Gasteiger partial charge in [-0.1, -0.05) is 28.9 Å². The van der Waals surface area contributed by atoms with Gasteiger partial charge >= 0.3 is 0 Å². The molecule has 16 heavy (non-hydrogen) atoms. The zero-order chi connectivity index (χ0) is 12.4. The summed E-state index contributed by atoms with van der Waals surface area (Å²) in [6.07, 6.45) is 12.1. The van der Waals surface area contributed by atoms with Crippen LogP contribution >= 0.6 is 0 Å². The van der Waals surface area contributed by atoms with Crippen molar-refractivity contribution >= 4 is 6.29 Å². The van der Waals surface area contributed by atoms with Crippen molar-refractivity contribution in [3.05, 3.63) is 34.9 Å². The van der Waals surface area contributed by atoms with Crippen molar-refractivity contribution in [3.63, 3.8) is 0 Å². The van der Waals surface area contributed by atoms with Crippen LogP contribution in [0, 0.1) is 0 Å². The Morgan fingerprint density at radius 3 is 2.06 bits per heavy atom. The lowest BCUT2D eigenvalue weighted by Crippen LogP contribution is -1.80. The van der Waals surface area contributed by atoms with Crippen LogP contribution in [0.2, 0.25) is 0 Å². The number of allylic oxidation sites excluding steroid dienone is 6. The molecule has 89 valence electrons. The molecule has 0 saturated heterocycles. The van der Waals surface area contributed by atoms with Gasteiger partial charge in [-0.25, -0.2) is 0 Å². The topological polar surface area (TPSA) is 17.1 Å². The molecule has 0 rings (SSSR count). The third-order valence-corrected chi connectivity index (χ3v) is 2.43. The Labute approximate surface area is 99.9 Å². The quantitative estimate of drug-likeness (QED) is 0.454. The third-order valence-electron chi connectivity index (χ3n) is 2.43. The summed E-state index contributed by atoms with van der Waals surface area (Å²) >= 11 is 0. The minimum Gasteiger partial charge on any atom is -0.286 e. The first-order valence-electron chi connectivity index (χ1n) is 5.88. The zero-order valence-electron chi connectivity index (χ0n) is 11.0. The van der Waals surface area contributed by atoms with Crippen LogP contribution in [0.25, 0.3) is 0 Å². The first-order valence-corrected chi connectivity index (χ1v) is 5.88. The van der Waals surface area contributed by atoms with Crippen LogP contribution < -0.4 is 0 Å². The van der Waals surface area contributed by atoms with Crippen LogP contribution in [-0.2, 0) is 4.79 Å². The van der Waals surface area contributed by atoms with Gasteiger partial charge < -0.3 is 0 Å². The predicted molar refractivity (Wildman–Crippen MR) is 71.1 cm³/mol. The van der Waals surface area contributed by atoms with Gasteiger partial charge in [-0.3, -0.25) is 4.79 Å². The average molecular weight is 219 g/mol. The zero-order valence-corrected chi connectivity index (χ0v) is 11.0. The van der Waals surface area contributed by atoms with E-state index in [1.165, 1.54) is 17.2 Å². The smallest absolute Gasteiger partial charge is 0.225 e. The lowest BCUT2D eigenvalue weighted by molar-refractivity contribution is 0.564. The molecule has 0 atom stereocenters. The van der Waals surface area contributed by atoms with Gasteiger partial charge in [-0.05, 0) is 59.5 Å². The van der Waals surface area contributed by atoms with E-state index in [9.17, 15) is 4.79 Å². The molecule has 0 amide bonds. The normalized spacial score (nSPS) is 12.5. The largest absolute Gasteiger partial charge is 0.286 e. The summed E-state index contributed by atoms with van der Waals surface area (Å²) in [6, 6.07) is 0. The van der Waals surface area contributed by atoms with Crippen molar-refractivity contribution in [1.29, 1.82) is 0 Å². The Morgan fingerprint density at radius 2 is 1.50 bits per heavy atom. The SMILES string of the molecule is CC(C)=CCC/C(C)=C/CC/C(C)=C/[C]=O. The number of rotatable bonds is 7. The number of carbonyl (C=O) groups excluding carboxylic acids is 1. The van der Waals surface area contributed by atoms with Crippen molar-refractivity contribution < 1.29 is 4.79 Å². The fraction of sp³-hybridized carbons (Fsp3) is 0.533. The van der Waals surface area contributed by atoms with Crippen molar-refractivity contribution in [2.75, 3.05) is 0 Å². The number of hydrogen-bond donors (Lipinski definition) is 0. The summed E-state index contributed by atoms with van der Waals surface area (Å²) < 4.78 is 0. The van der Waals surface area contributed by atoms with E-state index in [1.807, 2.05) is 13.2 Å². The van der Waals surface area contributed by atoms with Gasteiger partial charge in [0.2, 0.25) is 6.29 Å². The lowest BCUT2D eigenvalue weighted by atomic mass is 10.1. The summed E-state index contributed by atoms with van der Waals surface area (Å²) in [5, 5.41) is 0. The second-order valence-electron chi connectivity index (χ2n) is 4.52. The third kappa shape index (κ3) is 9.45. The van der Waals surface area contributed by atoms with E-state index in [0.717, 1.165) is 31.3 Å². The molecule has 0 N–H and O–H groups in total. The Hall–Kier alpha value is -1.11. The van der Waals surface area contributed by atoms with E-state index >= 15 is 0 Å². The highest BCUT2D eigenvalue weighted by Crippen LogP contribution is 2.10. The molecule has 0 aliphatic carbocycles. The predicted octanol–water partition coefficient (Wildman–Crippen LogP) is 4.52. The summed E-state index contributed by atoms with van der Waals surface area (Å²) in [6.45, 7) is 8.40. The monoisotopic (exact) mass is 219 g/mol. The molecule has 0 heterocycles. The molecule has 0 spiro atoms. The van der Waals surface area contributed by atoms with Gasteiger partial charge in [0.25, 0.3) is 0 Å². The molecule has 1 heteroatoms. The Bertz CT molecular complexity index is 289. The van der Waals surface area contributed by atoms with Crippen molar-refractivity contribution in [2.45, 2.75) is 53.4 Å². The van der Waals surface area contributed by atoms with Gasteiger partial charge in [0.05, 0.1) is 0 Å². The molecular formula is C15H23O. The summed E-state index contributed by atoms with van der Waals surface area (Å²) in [5.41, 5.74) is 3.91. The maximum atomic E-state index is 10.1. The van der Waals surface area contributed by atoms with Crippen molar-refractivity contribution in [1.82, 2.24) is 0 Å². The van der Waals surface area contributed by atoms with E-state index in [-0.39, 0.29) is 0 Å². The van der Waals surface area contributed by atoms with E-state index in [2.05, 4.69) is 32.9 Å². The molecule has 0 aromatic carbocycles. The summed E-state index contributed by atoms with van der Waals surface area (Å²) in [7, 11) is 0. The first-order chi connectivity index (χ1) is 7.56. The van der Waals surface area contributed by atoms with Crippen LogP contribution in [0.15, 0.2) is 34.9 Å². The number of hydrogen-bond acceptors (Lipinski definition) is 1. The van der Waals surface area contributed by atoms with E-state index in [0.29, 0.717) is 0 Å². The molecule has 0 bridgehead atoms. The van der Waals surface area contributed by atoms with Crippen LogP contribution in [0.3, 0.4) is 0 Å². The molecule has 0 aliphatic rings. The molecule has 1 radical (unpaired) electrons. The van der Waals surface area contributed by atoms with Gasteiger partial charge in [0, 0.05) is 0 Å². The van der Waals surface area contributed by atoms with E-state index in [4.69, 9.17) is 0 Å². The second kappa shape index (κ2) is 9.14. The Balaban J connectivity index is 3.83. The fourth-order valence-corrected chi connectivity index (χ4v) is 1.41. The van der Waals surface area contributed by atoms with E-state index < -0.39 is 0 Å². The summed E-state index contributed by atoms with van der Waals surface area (Å²) in [5.74, 6) is 0. The average Bonchev–Trinajstić information content (AvgIpc) is 2.17. The highest BCUT2D eigenvalue weighted by Gasteiger charge is 1.91. The van der Waals surface area contributed by atoms with Gasteiger partial charge in [-0.2, -0.15) is 0 Å². The fourth-order valence-electron chi connectivity index (χ4n) is 1.41. The lowest BCUT2D eigenvalue weighted by Gasteiger charge is -2.00. The molecule has 0 saturated carbocycles. The first kappa shape index (κ1) is 14.9. The van der Waals surface area contributed by atoms with Crippen molar-refractivity contribution in [2.24, 2.45) is 0 Å². The van der Waals surface area contributed by atoms with Crippen LogP contribution in [-0.4, -0.2) is 6.29 Å². The van der Waals surface area contributed by atoms with E-state index in [1.54, 1.807) is 0 Å². The maximum Gasteiger partial charge on any atom is 0.225 e. The Kier molecular flexibility index (Phi) is 8.51. The molecular weight excluding hydrogens is 196 g/mol. The minimum atomic E-state index is 0.954. The Morgan fingerprint density at radius 1 is 0.938 bits per heavy atom. The molecule has 0 fully saturated rings. The second-order valence-corrected chi connectivity index (χ2v) is 4.52. The molecule has 1 nitrogen and oxygen atoms in total. The molecule has 0 aliphatic heterocycles.